The van der Waals surface area contributed by atoms with E-state index in [1.165, 1.54) is 30.1 Å². The van der Waals surface area contributed by atoms with Gasteiger partial charge in [0.25, 0.3) is 0 Å². The molecule has 1 heterocycles. The zero-order valence-corrected chi connectivity index (χ0v) is 20.8. The number of hydrogen-bond acceptors (Lipinski definition) is 3. The van der Waals surface area contributed by atoms with Gasteiger partial charge in [-0.2, -0.15) is 0 Å². The first kappa shape index (κ1) is 24.9. The fourth-order valence-corrected chi connectivity index (χ4v) is 10.9. The second kappa shape index (κ2) is 8.98. The molecule has 0 amide bonds. The van der Waals surface area contributed by atoms with E-state index in [2.05, 4.69) is 0 Å². The summed E-state index contributed by atoms with van der Waals surface area (Å²) in [6.45, 7) is -4.60. The molecule has 0 N–H and O–H groups in total. The number of hydrogen-bond donors (Lipinski definition) is 0. The number of ether oxygens (including phenoxy) is 1. The Morgan fingerprint density at radius 3 is 1.43 bits per heavy atom. The standard InChI is InChI=1S/C30H24F3O3P/c1-35-28(34)27-22-37(24-16-8-3-9-17-24,25-18-10-4-11-19-25,26-20-12-5-13-21-26)36-29(27,30(31,32)33)23-14-6-2-7-15-23/h2-22H,1H3. The summed E-state index contributed by atoms with van der Waals surface area (Å²) in [4.78, 5) is 13.3. The van der Waals surface area contributed by atoms with E-state index in [1.54, 1.807) is 97.1 Å². The predicted molar refractivity (Wildman–Crippen MR) is 141 cm³/mol. The molecule has 7 heteroatoms. The van der Waals surface area contributed by atoms with Gasteiger partial charge in [0.1, 0.15) is 0 Å². The van der Waals surface area contributed by atoms with Crippen molar-refractivity contribution in [3.05, 3.63) is 138 Å². The number of methoxy groups -OCH3 is 1. The van der Waals surface area contributed by atoms with Crippen LogP contribution in [-0.4, -0.2) is 19.3 Å². The molecule has 188 valence electrons. The molecule has 0 saturated carbocycles. The molecule has 1 aliphatic heterocycles. The Morgan fingerprint density at radius 2 is 1.08 bits per heavy atom. The van der Waals surface area contributed by atoms with Crippen molar-refractivity contribution in [3.8, 4) is 0 Å². The van der Waals surface area contributed by atoms with Crippen molar-refractivity contribution in [3.63, 3.8) is 0 Å². The Morgan fingerprint density at radius 1 is 0.703 bits per heavy atom. The van der Waals surface area contributed by atoms with Crippen LogP contribution in [-0.2, 0) is 19.7 Å². The van der Waals surface area contributed by atoms with E-state index in [0.29, 0.717) is 15.9 Å². The van der Waals surface area contributed by atoms with Gasteiger partial charge in [0.15, 0.2) is 0 Å². The fraction of sp³-hybridized carbons (Fsp3) is 0.100. The summed E-state index contributed by atoms with van der Waals surface area (Å²) in [6.07, 6.45) is -5.01. The van der Waals surface area contributed by atoms with Gasteiger partial charge >= 0.3 is 213 Å². The number of carbonyl (C=O) groups excluding carboxylic acids is 1. The van der Waals surface area contributed by atoms with Crippen LogP contribution in [0.2, 0.25) is 0 Å². The molecule has 0 radical (unpaired) electrons. The van der Waals surface area contributed by atoms with Crippen LogP contribution in [0.3, 0.4) is 0 Å². The third-order valence-corrected chi connectivity index (χ3v) is 12.2. The van der Waals surface area contributed by atoms with Crippen LogP contribution in [0, 0.1) is 0 Å². The van der Waals surface area contributed by atoms with Crippen LogP contribution < -0.4 is 15.9 Å². The summed E-state index contributed by atoms with van der Waals surface area (Å²) in [7, 11) is 1.08. The molecule has 0 bridgehead atoms. The van der Waals surface area contributed by atoms with Crippen molar-refractivity contribution in [2.24, 2.45) is 0 Å². The van der Waals surface area contributed by atoms with Crippen molar-refractivity contribution in [2.45, 2.75) is 11.8 Å². The van der Waals surface area contributed by atoms with Crippen LogP contribution in [0.25, 0.3) is 0 Å². The van der Waals surface area contributed by atoms with Crippen LogP contribution in [0.5, 0.6) is 0 Å². The monoisotopic (exact) mass is 520 g/mol. The predicted octanol–water partition coefficient (Wildman–Crippen LogP) is 5.98. The summed E-state index contributed by atoms with van der Waals surface area (Å²) in [5, 5.41) is 1.61. The summed E-state index contributed by atoms with van der Waals surface area (Å²) in [6, 6.07) is 33.9. The van der Waals surface area contributed by atoms with Crippen molar-refractivity contribution in [1.29, 1.82) is 0 Å². The van der Waals surface area contributed by atoms with E-state index in [0.717, 1.165) is 7.11 Å². The van der Waals surface area contributed by atoms with Crippen molar-refractivity contribution < 1.29 is 27.2 Å². The van der Waals surface area contributed by atoms with E-state index < -0.39 is 30.2 Å². The average molecular weight is 520 g/mol. The van der Waals surface area contributed by atoms with E-state index in [9.17, 15) is 4.79 Å². The van der Waals surface area contributed by atoms with Crippen molar-refractivity contribution in [1.82, 2.24) is 0 Å². The molecular formula is C30H24F3O3P. The minimum absolute atomic E-state index is 0.201. The zero-order valence-electron chi connectivity index (χ0n) is 19.9. The average Bonchev–Trinajstić information content (AvgIpc) is 3.31. The molecule has 1 unspecified atom stereocenters. The first-order valence-electron chi connectivity index (χ1n) is 11.6. The molecule has 3 nitrogen and oxygen atoms in total. The van der Waals surface area contributed by atoms with Crippen LogP contribution in [0.15, 0.2) is 133 Å². The fourth-order valence-electron chi connectivity index (χ4n) is 5.25. The van der Waals surface area contributed by atoms with Gasteiger partial charge in [-0.05, 0) is 0 Å². The third-order valence-electron chi connectivity index (χ3n) is 6.87. The quantitative estimate of drug-likeness (QED) is 0.240. The zero-order chi connectivity index (χ0) is 26.2. The van der Waals surface area contributed by atoms with Gasteiger partial charge in [-0.1, -0.05) is 0 Å². The van der Waals surface area contributed by atoms with Gasteiger partial charge in [0.2, 0.25) is 0 Å². The van der Waals surface area contributed by atoms with Gasteiger partial charge in [-0.3, -0.25) is 0 Å². The minimum atomic E-state index is -5.01. The normalized spacial score (nSPS) is 21.3. The van der Waals surface area contributed by atoms with E-state index in [1.807, 2.05) is 0 Å². The summed E-state index contributed by atoms with van der Waals surface area (Å²) in [5.74, 6) is 0.327. The Bertz CT molecular complexity index is 1340. The van der Waals surface area contributed by atoms with Gasteiger partial charge in [-0.25, -0.2) is 0 Å². The molecule has 5 rings (SSSR count). The second-order valence-corrected chi connectivity index (χ2v) is 13.0. The molecule has 4 aromatic rings. The Balaban J connectivity index is 2.05. The van der Waals surface area contributed by atoms with E-state index >= 15 is 13.2 Å². The molecule has 0 fully saturated rings. The third kappa shape index (κ3) is 3.47. The summed E-state index contributed by atoms with van der Waals surface area (Å²) >= 11 is 0. The molecule has 0 aliphatic carbocycles. The molecule has 4 aromatic carbocycles. The number of halogens is 3. The first-order chi connectivity index (χ1) is 17.8. The number of carbonyl (C=O) groups is 1. The molecular weight excluding hydrogens is 496 g/mol. The molecule has 0 spiro atoms. The maximum absolute atomic E-state index is 15.6. The van der Waals surface area contributed by atoms with Gasteiger partial charge < -0.3 is 0 Å². The number of esters is 1. The first-order valence-corrected chi connectivity index (χ1v) is 13.9. The summed E-state index contributed by atoms with van der Waals surface area (Å²) in [5.41, 5.74) is -3.88. The van der Waals surface area contributed by atoms with Crippen LogP contribution in [0.1, 0.15) is 5.56 Å². The number of rotatable bonds is 5. The number of benzene rings is 4. The van der Waals surface area contributed by atoms with Crippen molar-refractivity contribution >= 4 is 28.7 Å². The molecule has 0 saturated heterocycles. The molecule has 1 aliphatic rings. The molecule has 1 atom stereocenters. The Labute approximate surface area is 213 Å². The SMILES string of the molecule is COC(=O)C1=CP(c2ccccc2)(c2ccccc2)(c2ccccc2)OC1(c1ccccc1)C(F)(F)F. The van der Waals surface area contributed by atoms with Gasteiger partial charge in [-0.15, -0.1) is 0 Å². The van der Waals surface area contributed by atoms with Gasteiger partial charge in [0.05, 0.1) is 0 Å². The van der Waals surface area contributed by atoms with Crippen LogP contribution >= 0.6 is 6.83 Å². The topological polar surface area (TPSA) is 35.5 Å². The summed E-state index contributed by atoms with van der Waals surface area (Å²) < 4.78 is 58.4. The number of alkyl halides is 3. The maximum atomic E-state index is 15.6. The van der Waals surface area contributed by atoms with E-state index in [4.69, 9.17) is 9.26 Å². The van der Waals surface area contributed by atoms with Gasteiger partial charge in [0, 0.05) is 0 Å². The molecule has 0 aromatic heterocycles. The van der Waals surface area contributed by atoms with Crippen molar-refractivity contribution in [2.75, 3.05) is 7.11 Å². The second-order valence-electron chi connectivity index (χ2n) is 8.78. The Kier molecular flexibility index (Phi) is 6.06. The Hall–Kier alpha value is -3.73. The molecule has 37 heavy (non-hydrogen) atoms. The van der Waals surface area contributed by atoms with Crippen LogP contribution in [0.4, 0.5) is 13.2 Å². The van der Waals surface area contributed by atoms with E-state index in [-0.39, 0.29) is 5.56 Å².